The molecule has 1 aromatic rings. The van der Waals surface area contributed by atoms with Crippen molar-refractivity contribution >= 4 is 5.91 Å². The van der Waals surface area contributed by atoms with Gasteiger partial charge < -0.3 is 15.6 Å². The SMILES string of the molecule is CCOc1cc(C(NC2CCCC2)C(N)=O)ccc1O. The third-order valence-corrected chi connectivity index (χ3v) is 3.66. The molecule has 5 heteroatoms. The standard InChI is InChI=1S/C15H22N2O3/c1-2-20-13-9-10(7-8-12(13)18)14(15(16)19)17-11-5-3-4-6-11/h7-9,11,14,17-18H,2-6H2,1H3,(H2,16,19). The lowest BCUT2D eigenvalue weighted by Gasteiger charge is -2.21. The van der Waals surface area contributed by atoms with Gasteiger partial charge in [-0.2, -0.15) is 0 Å². The number of hydrogen-bond donors (Lipinski definition) is 3. The molecule has 20 heavy (non-hydrogen) atoms. The van der Waals surface area contributed by atoms with Crippen molar-refractivity contribution in [2.24, 2.45) is 5.73 Å². The van der Waals surface area contributed by atoms with Crippen molar-refractivity contribution in [1.82, 2.24) is 5.32 Å². The fourth-order valence-electron chi connectivity index (χ4n) is 2.65. The Kier molecular flexibility index (Phi) is 4.84. The predicted octanol–water partition coefficient (Wildman–Crippen LogP) is 1.85. The molecule has 0 aromatic heterocycles. The van der Waals surface area contributed by atoms with Crippen LogP contribution in [0.25, 0.3) is 0 Å². The van der Waals surface area contributed by atoms with Gasteiger partial charge in [-0.15, -0.1) is 0 Å². The molecule has 0 saturated heterocycles. The lowest BCUT2D eigenvalue weighted by molar-refractivity contribution is -0.120. The number of carbonyl (C=O) groups is 1. The highest BCUT2D eigenvalue weighted by Crippen LogP contribution is 2.30. The minimum Gasteiger partial charge on any atom is -0.504 e. The zero-order chi connectivity index (χ0) is 14.5. The Morgan fingerprint density at radius 3 is 2.80 bits per heavy atom. The van der Waals surface area contributed by atoms with Crippen LogP contribution in [0.2, 0.25) is 0 Å². The van der Waals surface area contributed by atoms with Gasteiger partial charge in [0.1, 0.15) is 6.04 Å². The Hall–Kier alpha value is -1.75. The monoisotopic (exact) mass is 278 g/mol. The summed E-state index contributed by atoms with van der Waals surface area (Å²) in [5, 5.41) is 13.0. The highest BCUT2D eigenvalue weighted by molar-refractivity contribution is 5.81. The molecule has 1 aromatic carbocycles. The molecule has 0 radical (unpaired) electrons. The fraction of sp³-hybridized carbons (Fsp3) is 0.533. The maximum Gasteiger partial charge on any atom is 0.239 e. The van der Waals surface area contributed by atoms with Crippen LogP contribution in [0.4, 0.5) is 0 Å². The summed E-state index contributed by atoms with van der Waals surface area (Å²) in [6.07, 6.45) is 4.51. The van der Waals surface area contributed by atoms with Gasteiger partial charge in [-0.25, -0.2) is 0 Å². The predicted molar refractivity (Wildman–Crippen MR) is 76.6 cm³/mol. The van der Waals surface area contributed by atoms with E-state index in [1.165, 1.54) is 18.9 Å². The number of hydrogen-bond acceptors (Lipinski definition) is 4. The summed E-state index contributed by atoms with van der Waals surface area (Å²) >= 11 is 0. The minimum absolute atomic E-state index is 0.0692. The number of nitrogens with two attached hydrogens (primary N) is 1. The van der Waals surface area contributed by atoms with E-state index in [0.29, 0.717) is 18.4 Å². The molecule has 0 heterocycles. The van der Waals surface area contributed by atoms with E-state index in [9.17, 15) is 9.90 Å². The van der Waals surface area contributed by atoms with Crippen LogP contribution in [0.15, 0.2) is 18.2 Å². The van der Waals surface area contributed by atoms with E-state index in [1.807, 2.05) is 6.92 Å². The average molecular weight is 278 g/mol. The molecule has 4 N–H and O–H groups in total. The largest absolute Gasteiger partial charge is 0.504 e. The van der Waals surface area contributed by atoms with Crippen molar-refractivity contribution in [3.05, 3.63) is 23.8 Å². The smallest absolute Gasteiger partial charge is 0.239 e. The van der Waals surface area contributed by atoms with E-state index in [4.69, 9.17) is 10.5 Å². The normalized spacial score (nSPS) is 17.1. The number of aromatic hydroxyl groups is 1. The lowest BCUT2D eigenvalue weighted by Crippen LogP contribution is -2.38. The maximum atomic E-state index is 11.7. The Morgan fingerprint density at radius 1 is 1.50 bits per heavy atom. The first-order valence-corrected chi connectivity index (χ1v) is 7.13. The van der Waals surface area contributed by atoms with Gasteiger partial charge in [-0.1, -0.05) is 18.9 Å². The van der Waals surface area contributed by atoms with Gasteiger partial charge in [-0.05, 0) is 37.5 Å². The molecular formula is C15H22N2O3. The van der Waals surface area contributed by atoms with Crippen molar-refractivity contribution in [2.75, 3.05) is 6.61 Å². The number of carbonyl (C=O) groups excluding carboxylic acids is 1. The molecule has 0 bridgehead atoms. The molecule has 2 rings (SSSR count). The molecule has 0 spiro atoms. The third kappa shape index (κ3) is 3.42. The van der Waals surface area contributed by atoms with E-state index in [0.717, 1.165) is 18.4 Å². The number of rotatable bonds is 6. The van der Waals surface area contributed by atoms with Gasteiger partial charge >= 0.3 is 0 Å². The first-order chi connectivity index (χ1) is 9.61. The Labute approximate surface area is 119 Å². The van der Waals surface area contributed by atoms with E-state index < -0.39 is 11.9 Å². The van der Waals surface area contributed by atoms with E-state index in [-0.39, 0.29) is 5.75 Å². The number of benzene rings is 1. The van der Waals surface area contributed by atoms with Gasteiger partial charge in [0, 0.05) is 6.04 Å². The number of phenols is 1. The summed E-state index contributed by atoms with van der Waals surface area (Å²) in [6, 6.07) is 4.70. The molecular weight excluding hydrogens is 256 g/mol. The Bertz CT molecular complexity index is 470. The quantitative estimate of drug-likeness (QED) is 0.741. The zero-order valence-corrected chi connectivity index (χ0v) is 11.8. The molecule has 1 saturated carbocycles. The molecule has 1 fully saturated rings. The number of amides is 1. The minimum atomic E-state index is -0.544. The van der Waals surface area contributed by atoms with Crippen LogP contribution in [0.3, 0.4) is 0 Å². The number of primary amides is 1. The summed E-state index contributed by atoms with van der Waals surface area (Å²) in [6.45, 7) is 2.29. The summed E-state index contributed by atoms with van der Waals surface area (Å²) < 4.78 is 5.35. The van der Waals surface area contributed by atoms with Gasteiger partial charge in [0.2, 0.25) is 5.91 Å². The van der Waals surface area contributed by atoms with Crippen molar-refractivity contribution in [3.8, 4) is 11.5 Å². The second-order valence-corrected chi connectivity index (χ2v) is 5.14. The number of phenolic OH excluding ortho intramolecular Hbond substituents is 1. The summed E-state index contributed by atoms with van der Waals surface area (Å²) in [4.78, 5) is 11.7. The highest BCUT2D eigenvalue weighted by Gasteiger charge is 2.24. The highest BCUT2D eigenvalue weighted by atomic mass is 16.5. The molecule has 1 aliphatic rings. The van der Waals surface area contributed by atoms with Crippen LogP contribution in [0.1, 0.15) is 44.2 Å². The fourth-order valence-corrected chi connectivity index (χ4v) is 2.65. The summed E-state index contributed by atoms with van der Waals surface area (Å²) in [5.41, 5.74) is 6.23. The number of ether oxygens (including phenoxy) is 1. The molecule has 1 aliphatic carbocycles. The Balaban J connectivity index is 2.19. The second kappa shape index (κ2) is 6.61. The average Bonchev–Trinajstić information content (AvgIpc) is 2.92. The molecule has 110 valence electrons. The molecule has 5 nitrogen and oxygen atoms in total. The van der Waals surface area contributed by atoms with Crippen molar-refractivity contribution in [3.63, 3.8) is 0 Å². The van der Waals surface area contributed by atoms with Crippen LogP contribution in [0.5, 0.6) is 11.5 Å². The van der Waals surface area contributed by atoms with Crippen LogP contribution >= 0.6 is 0 Å². The maximum absolute atomic E-state index is 11.7. The van der Waals surface area contributed by atoms with Crippen LogP contribution in [-0.2, 0) is 4.79 Å². The first-order valence-electron chi connectivity index (χ1n) is 7.13. The van der Waals surface area contributed by atoms with Crippen molar-refractivity contribution in [2.45, 2.75) is 44.7 Å². The first kappa shape index (κ1) is 14.7. The van der Waals surface area contributed by atoms with E-state index in [2.05, 4.69) is 5.32 Å². The van der Waals surface area contributed by atoms with Crippen LogP contribution in [-0.4, -0.2) is 23.7 Å². The van der Waals surface area contributed by atoms with Crippen LogP contribution in [0, 0.1) is 0 Å². The molecule has 1 unspecified atom stereocenters. The van der Waals surface area contributed by atoms with Gasteiger partial charge in [-0.3, -0.25) is 10.1 Å². The second-order valence-electron chi connectivity index (χ2n) is 5.14. The third-order valence-electron chi connectivity index (χ3n) is 3.66. The Morgan fingerprint density at radius 2 is 2.20 bits per heavy atom. The van der Waals surface area contributed by atoms with Crippen LogP contribution < -0.4 is 15.8 Å². The lowest BCUT2D eigenvalue weighted by atomic mass is 10.0. The van der Waals surface area contributed by atoms with Gasteiger partial charge in [0.15, 0.2) is 11.5 Å². The zero-order valence-electron chi connectivity index (χ0n) is 11.8. The van der Waals surface area contributed by atoms with Gasteiger partial charge in [0.25, 0.3) is 0 Å². The van der Waals surface area contributed by atoms with Crippen molar-refractivity contribution < 1.29 is 14.6 Å². The summed E-state index contributed by atoms with van der Waals surface area (Å²) in [7, 11) is 0. The molecule has 1 amide bonds. The molecule has 1 atom stereocenters. The van der Waals surface area contributed by atoms with Gasteiger partial charge in [0.05, 0.1) is 6.61 Å². The van der Waals surface area contributed by atoms with E-state index >= 15 is 0 Å². The number of nitrogens with one attached hydrogen (secondary N) is 1. The summed E-state index contributed by atoms with van der Waals surface area (Å²) in [5.74, 6) is 0.0363. The van der Waals surface area contributed by atoms with Crippen molar-refractivity contribution in [1.29, 1.82) is 0 Å². The van der Waals surface area contributed by atoms with E-state index in [1.54, 1.807) is 12.1 Å². The molecule has 0 aliphatic heterocycles. The topological polar surface area (TPSA) is 84.6 Å².